The summed E-state index contributed by atoms with van der Waals surface area (Å²) in [6.07, 6.45) is 0. The van der Waals surface area contributed by atoms with Gasteiger partial charge in [-0.05, 0) is 12.1 Å². The van der Waals surface area contributed by atoms with Crippen LogP contribution in [0.25, 0.3) is 5.76 Å². The van der Waals surface area contributed by atoms with E-state index in [2.05, 4.69) is 4.99 Å². The summed E-state index contributed by atoms with van der Waals surface area (Å²) in [4.78, 5) is 30.6. The highest BCUT2D eigenvalue weighted by Crippen LogP contribution is 2.29. The zero-order chi connectivity index (χ0) is 17.8. The fraction of sp³-hybridized carbons (Fsp3) is 0.105. The van der Waals surface area contributed by atoms with E-state index in [9.17, 15) is 14.7 Å². The summed E-state index contributed by atoms with van der Waals surface area (Å²) in [5.74, 6) is -1.58. The Hall–Kier alpha value is -3.25. The van der Waals surface area contributed by atoms with Crippen LogP contribution in [-0.2, 0) is 9.59 Å². The molecule has 1 saturated heterocycles. The van der Waals surface area contributed by atoms with Gasteiger partial charge < -0.3 is 10.2 Å². The molecule has 126 valence electrons. The molecule has 6 heteroatoms. The van der Waals surface area contributed by atoms with Crippen LogP contribution in [0.1, 0.15) is 5.56 Å². The standard InChI is InChI=1S/C19H16N2O4/c22-12-11-20-16-15(17(23)13-7-3-1-4-8-13)18(24)21(19(16)25)14-9-5-2-6-10-14/h1-10,22-23H,11-12H2/b17-15+,20-16?. The zero-order valence-corrected chi connectivity index (χ0v) is 13.3. The first-order valence-corrected chi connectivity index (χ1v) is 7.73. The van der Waals surface area contributed by atoms with Crippen molar-refractivity contribution < 1.29 is 19.8 Å². The molecule has 6 nitrogen and oxygen atoms in total. The van der Waals surface area contributed by atoms with Crippen molar-refractivity contribution in [2.45, 2.75) is 0 Å². The predicted octanol–water partition coefficient (Wildman–Crippen LogP) is 1.96. The van der Waals surface area contributed by atoms with Gasteiger partial charge in [0.25, 0.3) is 11.8 Å². The number of rotatable bonds is 4. The lowest BCUT2D eigenvalue weighted by Crippen LogP contribution is -2.30. The Morgan fingerprint density at radius 2 is 1.52 bits per heavy atom. The minimum atomic E-state index is -0.644. The van der Waals surface area contributed by atoms with Gasteiger partial charge in [-0.15, -0.1) is 0 Å². The van der Waals surface area contributed by atoms with Crippen LogP contribution in [0.4, 0.5) is 5.69 Å². The maximum atomic E-state index is 12.8. The van der Waals surface area contributed by atoms with Crippen LogP contribution in [0.2, 0.25) is 0 Å². The maximum absolute atomic E-state index is 12.8. The number of aliphatic hydroxyl groups is 2. The number of carbonyl (C=O) groups is 2. The molecule has 2 N–H and O–H groups in total. The van der Waals surface area contributed by atoms with Gasteiger partial charge in [0.2, 0.25) is 0 Å². The van der Waals surface area contributed by atoms with Crippen LogP contribution in [0.15, 0.2) is 71.2 Å². The van der Waals surface area contributed by atoms with E-state index in [1.165, 1.54) is 0 Å². The molecule has 0 unspecified atom stereocenters. The number of aliphatic hydroxyl groups excluding tert-OH is 2. The van der Waals surface area contributed by atoms with Gasteiger partial charge in [-0.25, -0.2) is 4.90 Å². The monoisotopic (exact) mass is 336 g/mol. The molecular formula is C19H16N2O4. The minimum Gasteiger partial charge on any atom is -0.506 e. The van der Waals surface area contributed by atoms with Gasteiger partial charge in [0.15, 0.2) is 0 Å². The molecule has 1 aliphatic rings. The van der Waals surface area contributed by atoms with E-state index < -0.39 is 11.8 Å². The average Bonchev–Trinajstić information content (AvgIpc) is 2.90. The van der Waals surface area contributed by atoms with Crippen LogP contribution < -0.4 is 4.90 Å². The van der Waals surface area contributed by atoms with Gasteiger partial charge in [-0.3, -0.25) is 14.6 Å². The lowest BCUT2D eigenvalue weighted by Gasteiger charge is -2.12. The second-order valence-corrected chi connectivity index (χ2v) is 5.32. The van der Waals surface area contributed by atoms with Crippen molar-refractivity contribution in [2.75, 3.05) is 18.1 Å². The Kier molecular flexibility index (Phi) is 4.72. The summed E-state index contributed by atoms with van der Waals surface area (Å²) >= 11 is 0. The van der Waals surface area contributed by atoms with Gasteiger partial charge in [-0.2, -0.15) is 0 Å². The molecule has 2 aromatic carbocycles. The number of nitrogens with zero attached hydrogens (tertiary/aromatic N) is 2. The van der Waals surface area contributed by atoms with Crippen LogP contribution in [0, 0.1) is 0 Å². The molecule has 0 aliphatic carbocycles. The number of anilines is 1. The second kappa shape index (κ2) is 7.11. The van der Waals surface area contributed by atoms with E-state index >= 15 is 0 Å². The minimum absolute atomic E-state index is 0.0391. The van der Waals surface area contributed by atoms with Crippen molar-refractivity contribution in [3.63, 3.8) is 0 Å². The number of para-hydroxylation sites is 1. The number of benzene rings is 2. The molecule has 0 aromatic heterocycles. The molecule has 2 amide bonds. The smallest absolute Gasteiger partial charge is 0.284 e. The van der Waals surface area contributed by atoms with Crippen molar-refractivity contribution in [3.05, 3.63) is 71.8 Å². The SMILES string of the molecule is O=C1C(=NCCO)/C(=C(\O)c2ccccc2)C(=O)N1c1ccccc1. The summed E-state index contributed by atoms with van der Waals surface area (Å²) in [5, 5.41) is 19.6. The highest BCUT2D eigenvalue weighted by molar-refractivity contribution is 6.66. The molecule has 0 saturated carbocycles. The Morgan fingerprint density at radius 3 is 2.12 bits per heavy atom. The van der Waals surface area contributed by atoms with Gasteiger partial charge in [0, 0.05) is 5.56 Å². The topological polar surface area (TPSA) is 90.2 Å². The van der Waals surface area contributed by atoms with Crippen molar-refractivity contribution in [1.82, 2.24) is 0 Å². The molecule has 25 heavy (non-hydrogen) atoms. The summed E-state index contributed by atoms with van der Waals surface area (Å²) in [5.41, 5.74) is 0.494. The highest BCUT2D eigenvalue weighted by Gasteiger charge is 2.43. The predicted molar refractivity (Wildman–Crippen MR) is 94.3 cm³/mol. The van der Waals surface area contributed by atoms with E-state index in [0.29, 0.717) is 11.3 Å². The highest BCUT2D eigenvalue weighted by atomic mass is 16.3. The van der Waals surface area contributed by atoms with E-state index in [1.54, 1.807) is 60.7 Å². The van der Waals surface area contributed by atoms with Crippen LogP contribution >= 0.6 is 0 Å². The first-order chi connectivity index (χ1) is 12.1. The van der Waals surface area contributed by atoms with Crippen molar-refractivity contribution in [2.24, 2.45) is 4.99 Å². The maximum Gasteiger partial charge on any atom is 0.284 e. The molecule has 1 heterocycles. The first-order valence-electron chi connectivity index (χ1n) is 7.73. The fourth-order valence-electron chi connectivity index (χ4n) is 2.59. The van der Waals surface area contributed by atoms with Crippen molar-refractivity contribution in [1.29, 1.82) is 0 Å². The number of hydrogen-bond acceptors (Lipinski definition) is 5. The van der Waals surface area contributed by atoms with Gasteiger partial charge >= 0.3 is 0 Å². The van der Waals surface area contributed by atoms with Crippen molar-refractivity contribution >= 4 is 29.0 Å². The third kappa shape index (κ3) is 3.07. The summed E-state index contributed by atoms with van der Waals surface area (Å²) in [6.45, 7) is -0.307. The number of aliphatic imine (C=N–C) groups is 1. The lowest BCUT2D eigenvalue weighted by atomic mass is 10.1. The van der Waals surface area contributed by atoms with Gasteiger partial charge in [0.1, 0.15) is 17.0 Å². The summed E-state index contributed by atoms with van der Waals surface area (Å²) in [7, 11) is 0. The molecule has 0 atom stereocenters. The fourth-order valence-corrected chi connectivity index (χ4v) is 2.59. The largest absolute Gasteiger partial charge is 0.506 e. The first kappa shape index (κ1) is 16.6. The molecule has 0 bridgehead atoms. The Labute approximate surface area is 144 Å². The second-order valence-electron chi connectivity index (χ2n) is 5.32. The number of hydrogen-bond donors (Lipinski definition) is 2. The van der Waals surface area contributed by atoms with E-state index in [4.69, 9.17) is 5.11 Å². The molecule has 1 fully saturated rings. The Bertz CT molecular complexity index is 858. The van der Waals surface area contributed by atoms with Crippen LogP contribution in [-0.4, -0.2) is 40.9 Å². The van der Waals surface area contributed by atoms with E-state index in [1.807, 2.05) is 0 Å². The zero-order valence-electron chi connectivity index (χ0n) is 13.3. The number of imide groups is 1. The van der Waals surface area contributed by atoms with Gasteiger partial charge in [-0.1, -0.05) is 48.5 Å². The average molecular weight is 336 g/mol. The molecule has 0 spiro atoms. The molecule has 3 rings (SSSR count). The Morgan fingerprint density at radius 1 is 0.920 bits per heavy atom. The lowest BCUT2D eigenvalue weighted by molar-refractivity contribution is -0.119. The molecule has 0 radical (unpaired) electrons. The van der Waals surface area contributed by atoms with Crippen LogP contribution in [0.5, 0.6) is 0 Å². The molecular weight excluding hydrogens is 320 g/mol. The number of amides is 2. The third-order valence-corrected chi connectivity index (χ3v) is 3.73. The third-order valence-electron chi connectivity index (χ3n) is 3.73. The molecule has 1 aliphatic heterocycles. The van der Waals surface area contributed by atoms with E-state index in [0.717, 1.165) is 4.90 Å². The number of carbonyl (C=O) groups excluding carboxylic acids is 2. The molecule has 2 aromatic rings. The normalized spacial score (nSPS) is 18.1. The van der Waals surface area contributed by atoms with Crippen LogP contribution in [0.3, 0.4) is 0 Å². The quantitative estimate of drug-likeness (QED) is 0.507. The van der Waals surface area contributed by atoms with Crippen molar-refractivity contribution in [3.8, 4) is 0 Å². The Balaban J connectivity index is 2.15. The summed E-state index contributed by atoms with van der Waals surface area (Å²) < 4.78 is 0. The van der Waals surface area contributed by atoms with Gasteiger partial charge in [0.05, 0.1) is 18.8 Å². The summed E-state index contributed by atoms with van der Waals surface area (Å²) in [6, 6.07) is 16.9. The van der Waals surface area contributed by atoms with E-state index in [-0.39, 0.29) is 30.2 Å².